The number of hydrogen-bond donors (Lipinski definition) is 0. The van der Waals surface area contributed by atoms with Crippen LogP contribution in [0, 0.1) is 12.7 Å². The van der Waals surface area contributed by atoms with E-state index in [1.807, 2.05) is 11.5 Å². The molecule has 0 N–H and O–H groups in total. The van der Waals surface area contributed by atoms with Crippen LogP contribution in [0.3, 0.4) is 0 Å². The van der Waals surface area contributed by atoms with Crippen molar-refractivity contribution in [2.24, 2.45) is 4.99 Å². The highest BCUT2D eigenvalue weighted by atomic mass is 32.2. The van der Waals surface area contributed by atoms with Gasteiger partial charge < -0.3 is 4.57 Å². The van der Waals surface area contributed by atoms with Gasteiger partial charge in [-0.1, -0.05) is 29.0 Å². The van der Waals surface area contributed by atoms with Crippen LogP contribution in [0.4, 0.5) is 4.39 Å². The van der Waals surface area contributed by atoms with E-state index >= 15 is 0 Å². The number of thioether (sulfide) groups is 1. The van der Waals surface area contributed by atoms with E-state index in [9.17, 15) is 9.18 Å². The molecule has 25 heavy (non-hydrogen) atoms. The Balaban J connectivity index is 1.72. The third-order valence-corrected chi connectivity index (χ3v) is 5.84. The Bertz CT molecular complexity index is 958. The van der Waals surface area contributed by atoms with Crippen molar-refractivity contribution in [3.05, 3.63) is 58.6 Å². The average molecular weight is 375 g/mol. The van der Waals surface area contributed by atoms with E-state index in [0.29, 0.717) is 23.5 Å². The third kappa shape index (κ3) is 4.38. The smallest absolute Gasteiger partial charge is 0.249 e. The Kier molecular flexibility index (Phi) is 5.71. The maximum Gasteiger partial charge on any atom is 0.249 e. The summed E-state index contributed by atoms with van der Waals surface area (Å²) in [6.07, 6.45) is 0.380. The van der Waals surface area contributed by atoms with E-state index < -0.39 is 0 Å². The van der Waals surface area contributed by atoms with Gasteiger partial charge in [0, 0.05) is 23.6 Å². The molecule has 0 atom stereocenters. The van der Waals surface area contributed by atoms with Crippen molar-refractivity contribution in [1.82, 2.24) is 4.57 Å². The topological polar surface area (TPSA) is 34.4 Å². The van der Waals surface area contributed by atoms with Gasteiger partial charge >= 0.3 is 0 Å². The first kappa shape index (κ1) is 17.9. The highest BCUT2D eigenvalue weighted by Gasteiger charge is 2.08. The molecule has 0 aliphatic heterocycles. The number of benzene rings is 2. The first-order chi connectivity index (χ1) is 12.1. The summed E-state index contributed by atoms with van der Waals surface area (Å²) in [5, 5.41) is 0. The fourth-order valence-corrected chi connectivity index (χ4v) is 4.47. The predicted molar refractivity (Wildman–Crippen MR) is 103 cm³/mol. The van der Waals surface area contributed by atoms with Crippen molar-refractivity contribution in [3.63, 3.8) is 0 Å². The number of amides is 1. The second kappa shape index (κ2) is 7.97. The van der Waals surface area contributed by atoms with E-state index in [1.165, 1.54) is 29.0 Å². The molecule has 0 unspecified atom stereocenters. The Hall–Kier alpha value is -1.92. The Morgan fingerprint density at radius 3 is 2.72 bits per heavy atom. The summed E-state index contributed by atoms with van der Waals surface area (Å²) in [6.45, 7) is 4.73. The molecule has 130 valence electrons. The fraction of sp³-hybridized carbons (Fsp3) is 0.263. The van der Waals surface area contributed by atoms with Gasteiger partial charge in [0.15, 0.2) is 4.80 Å². The van der Waals surface area contributed by atoms with Gasteiger partial charge in [-0.25, -0.2) is 4.39 Å². The summed E-state index contributed by atoms with van der Waals surface area (Å²) in [4.78, 5) is 18.2. The third-order valence-electron chi connectivity index (χ3n) is 3.79. The zero-order valence-corrected chi connectivity index (χ0v) is 15.8. The number of carbonyl (C=O) groups excluding carboxylic acids is 1. The number of halogens is 1. The monoisotopic (exact) mass is 374 g/mol. The lowest BCUT2D eigenvalue weighted by molar-refractivity contribution is -0.117. The van der Waals surface area contributed by atoms with Crippen LogP contribution in [0.2, 0.25) is 0 Å². The van der Waals surface area contributed by atoms with Crippen LogP contribution < -0.4 is 4.80 Å². The second-order valence-corrected chi connectivity index (χ2v) is 7.84. The number of thiazole rings is 1. The number of hydrogen-bond acceptors (Lipinski definition) is 3. The standard InChI is InChI=1S/C19H19FN2OS2/c1-3-22-16-9-6-14(20)12-17(16)25-19(22)21-18(23)10-11-24-15-7-4-13(2)5-8-15/h4-9,12H,3,10-11H2,1-2H3. The summed E-state index contributed by atoms with van der Waals surface area (Å²) < 4.78 is 16.2. The zero-order chi connectivity index (χ0) is 17.8. The minimum atomic E-state index is -0.274. The molecular weight excluding hydrogens is 355 g/mol. The minimum absolute atomic E-state index is 0.145. The van der Waals surface area contributed by atoms with Gasteiger partial charge in [0.25, 0.3) is 0 Å². The number of carbonyl (C=O) groups is 1. The molecule has 0 aliphatic carbocycles. The van der Waals surface area contributed by atoms with Crippen LogP contribution in [0.15, 0.2) is 52.4 Å². The van der Waals surface area contributed by atoms with Crippen LogP contribution in [0.5, 0.6) is 0 Å². The average Bonchev–Trinajstić information content (AvgIpc) is 2.92. The molecule has 0 spiro atoms. The largest absolute Gasteiger partial charge is 0.317 e. The van der Waals surface area contributed by atoms with Gasteiger partial charge in [0.1, 0.15) is 5.82 Å². The predicted octanol–water partition coefficient (Wildman–Crippen LogP) is 4.78. The first-order valence-electron chi connectivity index (χ1n) is 8.12. The van der Waals surface area contributed by atoms with Gasteiger partial charge in [0.2, 0.25) is 5.91 Å². The molecule has 0 aliphatic rings. The Morgan fingerprint density at radius 1 is 1.24 bits per heavy atom. The number of rotatable bonds is 5. The van der Waals surface area contributed by atoms with Crippen LogP contribution in [-0.2, 0) is 11.3 Å². The van der Waals surface area contributed by atoms with E-state index in [0.717, 1.165) is 15.1 Å². The minimum Gasteiger partial charge on any atom is -0.317 e. The van der Waals surface area contributed by atoms with E-state index in [4.69, 9.17) is 0 Å². The number of aryl methyl sites for hydroxylation is 2. The van der Waals surface area contributed by atoms with Crippen molar-refractivity contribution < 1.29 is 9.18 Å². The summed E-state index contributed by atoms with van der Waals surface area (Å²) in [5.41, 5.74) is 2.13. The summed E-state index contributed by atoms with van der Waals surface area (Å²) >= 11 is 3.00. The van der Waals surface area contributed by atoms with Crippen molar-refractivity contribution in [2.75, 3.05) is 5.75 Å². The maximum atomic E-state index is 13.4. The Morgan fingerprint density at radius 2 is 2.00 bits per heavy atom. The number of aromatic nitrogens is 1. The Labute approximate surface area is 154 Å². The van der Waals surface area contributed by atoms with Crippen molar-refractivity contribution in [1.29, 1.82) is 0 Å². The molecule has 0 bridgehead atoms. The molecule has 3 aromatic rings. The molecule has 2 aromatic carbocycles. The molecule has 0 fully saturated rings. The molecule has 3 nitrogen and oxygen atoms in total. The molecular formula is C19H19FN2OS2. The van der Waals surface area contributed by atoms with Gasteiger partial charge in [-0.15, -0.1) is 11.8 Å². The molecule has 0 radical (unpaired) electrons. The summed E-state index contributed by atoms with van der Waals surface area (Å²) in [6, 6.07) is 12.9. The van der Waals surface area contributed by atoms with E-state index in [1.54, 1.807) is 17.8 Å². The van der Waals surface area contributed by atoms with E-state index in [2.05, 4.69) is 36.2 Å². The van der Waals surface area contributed by atoms with E-state index in [-0.39, 0.29) is 11.7 Å². The summed E-state index contributed by atoms with van der Waals surface area (Å²) in [7, 11) is 0. The van der Waals surface area contributed by atoms with Crippen molar-refractivity contribution in [3.8, 4) is 0 Å². The van der Waals surface area contributed by atoms with Gasteiger partial charge in [0.05, 0.1) is 10.2 Å². The van der Waals surface area contributed by atoms with Crippen molar-refractivity contribution in [2.45, 2.75) is 31.7 Å². The van der Waals surface area contributed by atoms with Gasteiger partial charge in [-0.3, -0.25) is 4.79 Å². The molecule has 0 saturated carbocycles. The fourth-order valence-electron chi connectivity index (χ4n) is 2.49. The first-order valence-corrected chi connectivity index (χ1v) is 9.93. The second-order valence-electron chi connectivity index (χ2n) is 5.66. The van der Waals surface area contributed by atoms with Crippen molar-refractivity contribution >= 4 is 39.2 Å². The normalized spacial score (nSPS) is 12.0. The van der Waals surface area contributed by atoms with Gasteiger partial charge in [-0.05, 0) is 44.2 Å². The SMILES string of the molecule is CCn1c(=NC(=O)CCSc2ccc(C)cc2)sc2cc(F)ccc21. The summed E-state index contributed by atoms with van der Waals surface area (Å²) in [5.74, 6) is 0.273. The van der Waals surface area contributed by atoms with Crippen LogP contribution >= 0.6 is 23.1 Å². The molecule has 3 rings (SSSR count). The zero-order valence-electron chi connectivity index (χ0n) is 14.2. The molecule has 1 amide bonds. The quantitative estimate of drug-likeness (QED) is 0.602. The molecule has 1 aromatic heterocycles. The van der Waals surface area contributed by atoms with Crippen LogP contribution in [0.25, 0.3) is 10.2 Å². The maximum absolute atomic E-state index is 13.4. The lowest BCUT2D eigenvalue weighted by Crippen LogP contribution is -2.15. The highest BCUT2D eigenvalue weighted by molar-refractivity contribution is 7.99. The lowest BCUT2D eigenvalue weighted by Gasteiger charge is -2.01. The number of fused-ring (bicyclic) bond motifs is 1. The molecule has 1 heterocycles. The lowest BCUT2D eigenvalue weighted by atomic mass is 10.2. The number of nitrogens with zero attached hydrogens (tertiary/aromatic N) is 2. The van der Waals surface area contributed by atoms with Crippen LogP contribution in [-0.4, -0.2) is 16.2 Å². The molecule has 0 saturated heterocycles. The van der Waals surface area contributed by atoms with Crippen LogP contribution in [0.1, 0.15) is 18.9 Å². The highest BCUT2D eigenvalue weighted by Crippen LogP contribution is 2.20. The van der Waals surface area contributed by atoms with Gasteiger partial charge in [-0.2, -0.15) is 4.99 Å². The molecule has 6 heteroatoms.